The Labute approximate surface area is 206 Å². The van der Waals surface area contributed by atoms with Crippen molar-refractivity contribution in [3.05, 3.63) is 64.2 Å². The number of hydrogen-bond donors (Lipinski definition) is 1. The summed E-state index contributed by atoms with van der Waals surface area (Å²) in [6.07, 6.45) is 4.58. The van der Waals surface area contributed by atoms with Crippen molar-refractivity contribution < 1.29 is 33.5 Å². The van der Waals surface area contributed by atoms with Crippen LogP contribution >= 0.6 is 0 Å². The molecule has 2 aromatic rings. The van der Waals surface area contributed by atoms with Gasteiger partial charge in [0.15, 0.2) is 6.61 Å². The monoisotopic (exact) mass is 489 g/mol. The SMILES string of the molecule is CN1C(=O)c2ccc(NC(=O)COC(=O)c3ccc4c(c3)C(=O)N(C3CCCCC3)C4=O)cc2C1=O. The maximum absolute atomic E-state index is 12.9. The van der Waals surface area contributed by atoms with E-state index in [9.17, 15) is 28.8 Å². The third kappa shape index (κ3) is 3.94. The van der Waals surface area contributed by atoms with Gasteiger partial charge in [-0.25, -0.2) is 4.79 Å². The first-order valence-corrected chi connectivity index (χ1v) is 11.7. The lowest BCUT2D eigenvalue weighted by Crippen LogP contribution is -2.40. The van der Waals surface area contributed by atoms with Crippen LogP contribution in [0.25, 0.3) is 0 Å². The molecule has 0 aromatic heterocycles. The molecule has 5 rings (SSSR count). The number of nitrogens with zero attached hydrogens (tertiary/aromatic N) is 2. The minimum absolute atomic E-state index is 0.0536. The van der Waals surface area contributed by atoms with E-state index in [1.807, 2.05) is 0 Å². The molecule has 2 aromatic carbocycles. The summed E-state index contributed by atoms with van der Waals surface area (Å²) in [6.45, 7) is -0.610. The number of amides is 5. The number of benzene rings is 2. The van der Waals surface area contributed by atoms with Crippen LogP contribution in [0.2, 0.25) is 0 Å². The van der Waals surface area contributed by atoms with Crippen LogP contribution < -0.4 is 5.32 Å². The van der Waals surface area contributed by atoms with E-state index >= 15 is 0 Å². The fraction of sp³-hybridized carbons (Fsp3) is 0.308. The molecule has 36 heavy (non-hydrogen) atoms. The third-order valence-electron chi connectivity index (χ3n) is 6.80. The van der Waals surface area contributed by atoms with Gasteiger partial charge >= 0.3 is 5.97 Å². The molecule has 2 aliphatic heterocycles. The van der Waals surface area contributed by atoms with Crippen molar-refractivity contribution in [1.82, 2.24) is 9.80 Å². The molecule has 5 amide bonds. The molecule has 0 atom stereocenters. The zero-order chi connectivity index (χ0) is 25.6. The first kappa shape index (κ1) is 23.4. The van der Waals surface area contributed by atoms with Gasteiger partial charge in [0.05, 0.1) is 27.8 Å². The summed E-state index contributed by atoms with van der Waals surface area (Å²) in [5.41, 5.74) is 1.17. The molecule has 0 saturated heterocycles. The Balaban J connectivity index is 1.22. The largest absolute Gasteiger partial charge is 0.452 e. The molecule has 0 spiro atoms. The molecule has 1 saturated carbocycles. The van der Waals surface area contributed by atoms with Crippen LogP contribution in [0.4, 0.5) is 5.69 Å². The van der Waals surface area contributed by atoms with Crippen molar-refractivity contribution in [1.29, 1.82) is 0 Å². The molecular weight excluding hydrogens is 466 g/mol. The molecule has 10 heteroatoms. The van der Waals surface area contributed by atoms with Gasteiger partial charge in [-0.15, -0.1) is 0 Å². The second-order valence-electron chi connectivity index (χ2n) is 9.09. The predicted octanol–water partition coefficient (Wildman–Crippen LogP) is 2.64. The lowest BCUT2D eigenvalue weighted by atomic mass is 9.94. The minimum Gasteiger partial charge on any atom is -0.452 e. The molecule has 1 aliphatic carbocycles. The van der Waals surface area contributed by atoms with E-state index in [0.29, 0.717) is 0 Å². The van der Waals surface area contributed by atoms with Gasteiger partial charge in [0.25, 0.3) is 29.5 Å². The maximum atomic E-state index is 12.9. The molecule has 0 bridgehead atoms. The van der Waals surface area contributed by atoms with Crippen molar-refractivity contribution in [3.8, 4) is 0 Å². The lowest BCUT2D eigenvalue weighted by Gasteiger charge is -2.29. The number of rotatable bonds is 5. The van der Waals surface area contributed by atoms with Gasteiger partial charge in [-0.3, -0.25) is 33.8 Å². The van der Waals surface area contributed by atoms with Gasteiger partial charge in [-0.05, 0) is 49.2 Å². The summed E-state index contributed by atoms with van der Waals surface area (Å²) in [7, 11) is 1.37. The highest BCUT2D eigenvalue weighted by molar-refractivity contribution is 6.22. The van der Waals surface area contributed by atoms with E-state index in [2.05, 4.69) is 5.32 Å². The second kappa shape index (κ2) is 9.03. The zero-order valence-electron chi connectivity index (χ0n) is 19.5. The van der Waals surface area contributed by atoms with Crippen LogP contribution in [-0.2, 0) is 9.53 Å². The normalized spacial score (nSPS) is 17.4. The quantitative estimate of drug-likeness (QED) is 0.505. The Hall–Kier alpha value is -4.34. The Kier molecular flexibility index (Phi) is 5.87. The average molecular weight is 489 g/mol. The van der Waals surface area contributed by atoms with Gasteiger partial charge in [0, 0.05) is 18.8 Å². The zero-order valence-corrected chi connectivity index (χ0v) is 19.5. The number of ether oxygens (including phenoxy) is 1. The smallest absolute Gasteiger partial charge is 0.338 e. The third-order valence-corrected chi connectivity index (χ3v) is 6.80. The van der Waals surface area contributed by atoms with E-state index in [-0.39, 0.29) is 45.5 Å². The molecular formula is C26H23N3O7. The van der Waals surface area contributed by atoms with Gasteiger partial charge in [0.1, 0.15) is 0 Å². The fourth-order valence-electron chi connectivity index (χ4n) is 4.91. The van der Waals surface area contributed by atoms with Crippen LogP contribution in [0, 0.1) is 0 Å². The van der Waals surface area contributed by atoms with Crippen molar-refractivity contribution in [2.75, 3.05) is 19.0 Å². The van der Waals surface area contributed by atoms with E-state index in [4.69, 9.17) is 4.74 Å². The molecule has 0 unspecified atom stereocenters. The number of fused-ring (bicyclic) bond motifs is 2. The number of anilines is 1. The molecule has 10 nitrogen and oxygen atoms in total. The molecule has 1 N–H and O–H groups in total. The highest BCUT2D eigenvalue weighted by Gasteiger charge is 2.40. The Morgan fingerprint density at radius 2 is 1.44 bits per heavy atom. The Morgan fingerprint density at radius 3 is 2.19 bits per heavy atom. The second-order valence-corrected chi connectivity index (χ2v) is 9.09. The van der Waals surface area contributed by atoms with E-state index in [1.165, 1.54) is 48.3 Å². The number of nitrogens with one attached hydrogen (secondary N) is 1. The molecule has 184 valence electrons. The number of esters is 1. The number of imide groups is 2. The highest BCUT2D eigenvalue weighted by atomic mass is 16.5. The van der Waals surface area contributed by atoms with Gasteiger partial charge in [0.2, 0.25) is 0 Å². The minimum atomic E-state index is -0.819. The molecule has 1 fully saturated rings. The summed E-state index contributed by atoms with van der Waals surface area (Å²) in [5.74, 6) is -3.11. The summed E-state index contributed by atoms with van der Waals surface area (Å²) >= 11 is 0. The van der Waals surface area contributed by atoms with Crippen LogP contribution in [0.15, 0.2) is 36.4 Å². The van der Waals surface area contributed by atoms with Crippen LogP contribution in [0.3, 0.4) is 0 Å². The van der Waals surface area contributed by atoms with Crippen molar-refractivity contribution in [3.63, 3.8) is 0 Å². The Bertz CT molecular complexity index is 1340. The fourth-order valence-corrected chi connectivity index (χ4v) is 4.91. The van der Waals surface area contributed by atoms with E-state index < -0.39 is 36.2 Å². The van der Waals surface area contributed by atoms with Gasteiger partial charge < -0.3 is 10.1 Å². The van der Waals surface area contributed by atoms with Crippen LogP contribution in [0.5, 0.6) is 0 Å². The summed E-state index contributed by atoms with van der Waals surface area (Å²) in [4.78, 5) is 77.0. The van der Waals surface area contributed by atoms with Gasteiger partial charge in [-0.1, -0.05) is 19.3 Å². The summed E-state index contributed by atoms with van der Waals surface area (Å²) in [5, 5.41) is 2.52. The van der Waals surface area contributed by atoms with Crippen LogP contribution in [0.1, 0.15) is 83.9 Å². The average Bonchev–Trinajstić information content (AvgIpc) is 3.26. The lowest BCUT2D eigenvalue weighted by molar-refractivity contribution is -0.119. The summed E-state index contributed by atoms with van der Waals surface area (Å²) in [6, 6.07) is 8.35. The van der Waals surface area contributed by atoms with Gasteiger partial charge in [-0.2, -0.15) is 0 Å². The van der Waals surface area contributed by atoms with Crippen LogP contribution in [-0.4, -0.2) is 65.0 Å². The van der Waals surface area contributed by atoms with E-state index in [0.717, 1.165) is 37.0 Å². The molecule has 3 aliphatic rings. The molecule has 2 heterocycles. The number of carbonyl (C=O) groups is 6. The first-order valence-electron chi connectivity index (χ1n) is 11.7. The standard InChI is InChI=1S/C26H23N3O7/c1-28-22(31)17-10-8-15(12-20(17)23(28)32)27-21(30)13-36-26(35)14-7-9-18-19(11-14)25(34)29(24(18)33)16-5-3-2-4-6-16/h7-12,16H,2-6,13H2,1H3,(H,27,30). The maximum Gasteiger partial charge on any atom is 0.338 e. The van der Waals surface area contributed by atoms with Crippen molar-refractivity contribution in [2.45, 2.75) is 38.1 Å². The number of carbonyl (C=O) groups excluding carboxylic acids is 6. The first-order chi connectivity index (χ1) is 17.3. The molecule has 0 radical (unpaired) electrons. The van der Waals surface area contributed by atoms with Crippen molar-refractivity contribution in [2.24, 2.45) is 0 Å². The number of hydrogen-bond acceptors (Lipinski definition) is 7. The summed E-state index contributed by atoms with van der Waals surface area (Å²) < 4.78 is 5.08. The predicted molar refractivity (Wildman–Crippen MR) is 126 cm³/mol. The van der Waals surface area contributed by atoms with E-state index in [1.54, 1.807) is 0 Å². The Morgan fingerprint density at radius 1 is 0.833 bits per heavy atom. The highest BCUT2D eigenvalue weighted by Crippen LogP contribution is 2.31. The topological polar surface area (TPSA) is 130 Å². The van der Waals surface area contributed by atoms with Crippen molar-refractivity contribution >= 4 is 41.2 Å².